The molecule has 0 spiro atoms. The van der Waals surface area contributed by atoms with Crippen LogP contribution in [-0.4, -0.2) is 13.0 Å². The van der Waals surface area contributed by atoms with E-state index >= 15 is 0 Å². The van der Waals surface area contributed by atoms with E-state index in [0.29, 0.717) is 17.5 Å². The summed E-state index contributed by atoms with van der Waals surface area (Å²) < 4.78 is 43.7. The molecule has 0 aliphatic heterocycles. The second-order valence-electron chi connectivity index (χ2n) is 5.19. The normalized spacial score (nSPS) is 11.5. The summed E-state index contributed by atoms with van der Waals surface area (Å²) in [5, 5.41) is 13.6. The van der Waals surface area contributed by atoms with Gasteiger partial charge in [0.15, 0.2) is 0 Å². The minimum Gasteiger partial charge on any atom is -0.497 e. The number of carbonyl (C=O) groups excluding carboxylic acids is 1. The van der Waals surface area contributed by atoms with Crippen LogP contribution in [0.3, 0.4) is 0 Å². The third-order valence-corrected chi connectivity index (χ3v) is 3.68. The van der Waals surface area contributed by atoms with Crippen molar-refractivity contribution in [1.82, 2.24) is 0 Å². The van der Waals surface area contributed by atoms with Crippen molar-refractivity contribution in [3.63, 3.8) is 0 Å². The summed E-state index contributed by atoms with van der Waals surface area (Å²) in [5.41, 5.74) is -1.000. The number of hydrogen-bond acceptors (Lipinski definition) is 4. The molecule has 0 bridgehead atoms. The summed E-state index contributed by atoms with van der Waals surface area (Å²) in [7, 11) is 1.49. The molecule has 1 amide bonds. The minimum absolute atomic E-state index is 0.140. The smallest absolute Gasteiger partial charge is 0.417 e. The van der Waals surface area contributed by atoms with E-state index in [1.165, 1.54) is 13.2 Å². The molecule has 5 nitrogen and oxygen atoms in total. The van der Waals surface area contributed by atoms with E-state index in [1.54, 1.807) is 30.3 Å². The van der Waals surface area contributed by atoms with Crippen LogP contribution in [0.15, 0.2) is 54.2 Å². The van der Waals surface area contributed by atoms with Gasteiger partial charge in [-0.05, 0) is 30.3 Å². The predicted molar refractivity (Wildman–Crippen MR) is 95.4 cm³/mol. The van der Waals surface area contributed by atoms with Crippen molar-refractivity contribution in [2.45, 2.75) is 6.18 Å². The first kappa shape index (κ1) is 20.1. The van der Waals surface area contributed by atoms with Gasteiger partial charge in [0.05, 0.1) is 17.7 Å². The first-order valence-electron chi connectivity index (χ1n) is 7.43. The van der Waals surface area contributed by atoms with E-state index in [0.717, 1.165) is 12.3 Å². The Labute approximate surface area is 158 Å². The topological polar surface area (TPSA) is 74.1 Å². The Kier molecular flexibility index (Phi) is 6.32. The number of benzene rings is 2. The summed E-state index contributed by atoms with van der Waals surface area (Å²) in [6.45, 7) is 0. The number of hydrogen-bond donors (Lipinski definition) is 2. The summed E-state index contributed by atoms with van der Waals surface area (Å²) in [6, 6.07) is 11.3. The zero-order valence-electron chi connectivity index (χ0n) is 13.9. The van der Waals surface area contributed by atoms with Crippen molar-refractivity contribution in [3.8, 4) is 11.8 Å². The fourth-order valence-electron chi connectivity index (χ4n) is 2.04. The quantitative estimate of drug-likeness (QED) is 0.562. The molecule has 0 fully saturated rings. The molecule has 2 aromatic rings. The number of amides is 1. The fourth-order valence-corrected chi connectivity index (χ4v) is 2.26. The second-order valence-corrected chi connectivity index (χ2v) is 5.60. The molecular formula is C18H13ClF3N3O2. The first-order chi connectivity index (χ1) is 12.7. The van der Waals surface area contributed by atoms with Crippen LogP contribution in [0.4, 0.5) is 24.5 Å². The van der Waals surface area contributed by atoms with Crippen LogP contribution >= 0.6 is 11.6 Å². The minimum atomic E-state index is -4.67. The summed E-state index contributed by atoms with van der Waals surface area (Å²) in [5.74, 6) is -0.305. The molecule has 27 heavy (non-hydrogen) atoms. The van der Waals surface area contributed by atoms with Gasteiger partial charge in [0.2, 0.25) is 0 Å². The molecular weight excluding hydrogens is 383 g/mol. The highest BCUT2D eigenvalue weighted by molar-refractivity contribution is 6.31. The number of rotatable bonds is 5. The lowest BCUT2D eigenvalue weighted by molar-refractivity contribution is -0.137. The van der Waals surface area contributed by atoms with E-state index in [2.05, 4.69) is 10.6 Å². The standard InChI is InChI=1S/C18H13ClF3N3O2/c1-27-14-4-2-3-12(7-14)24-10-11(9-23)17(26)25-13-5-6-16(19)15(8-13)18(20,21)22/h2-8,10,24H,1H3,(H,25,26)/b11-10-. The monoisotopic (exact) mass is 395 g/mol. The lowest BCUT2D eigenvalue weighted by atomic mass is 10.2. The van der Waals surface area contributed by atoms with Gasteiger partial charge < -0.3 is 15.4 Å². The molecule has 0 atom stereocenters. The Morgan fingerprint density at radius 3 is 2.59 bits per heavy atom. The molecule has 0 aliphatic rings. The maximum Gasteiger partial charge on any atom is 0.417 e. The molecule has 0 radical (unpaired) electrons. The van der Waals surface area contributed by atoms with Crippen LogP contribution in [-0.2, 0) is 11.0 Å². The van der Waals surface area contributed by atoms with Crippen molar-refractivity contribution in [1.29, 1.82) is 5.26 Å². The molecule has 0 aromatic heterocycles. The Morgan fingerprint density at radius 2 is 1.96 bits per heavy atom. The third-order valence-electron chi connectivity index (χ3n) is 3.35. The summed E-state index contributed by atoms with van der Waals surface area (Å²) in [4.78, 5) is 12.2. The first-order valence-corrected chi connectivity index (χ1v) is 7.81. The van der Waals surface area contributed by atoms with Crippen LogP contribution in [0, 0.1) is 11.3 Å². The molecule has 0 heterocycles. The van der Waals surface area contributed by atoms with Crippen molar-refractivity contribution in [2.24, 2.45) is 0 Å². The number of nitrogens with one attached hydrogen (secondary N) is 2. The zero-order valence-corrected chi connectivity index (χ0v) is 14.7. The highest BCUT2D eigenvalue weighted by Gasteiger charge is 2.33. The van der Waals surface area contributed by atoms with Gasteiger partial charge in [-0.25, -0.2) is 0 Å². The van der Waals surface area contributed by atoms with Crippen LogP contribution < -0.4 is 15.4 Å². The van der Waals surface area contributed by atoms with Crippen LogP contribution in [0.5, 0.6) is 5.75 Å². The third kappa shape index (κ3) is 5.39. The molecule has 2 rings (SSSR count). The van der Waals surface area contributed by atoms with E-state index in [4.69, 9.17) is 21.6 Å². The van der Waals surface area contributed by atoms with Gasteiger partial charge in [-0.2, -0.15) is 18.4 Å². The lowest BCUT2D eigenvalue weighted by Gasteiger charge is -2.11. The van der Waals surface area contributed by atoms with Gasteiger partial charge in [0.1, 0.15) is 17.4 Å². The molecule has 9 heteroatoms. The molecule has 140 valence electrons. The highest BCUT2D eigenvalue weighted by Crippen LogP contribution is 2.36. The fraction of sp³-hybridized carbons (Fsp3) is 0.111. The maximum atomic E-state index is 12.9. The van der Waals surface area contributed by atoms with E-state index in [1.807, 2.05) is 0 Å². The molecule has 0 aliphatic carbocycles. The molecule has 2 aromatic carbocycles. The number of anilines is 2. The zero-order chi connectivity index (χ0) is 20.0. The van der Waals surface area contributed by atoms with E-state index in [-0.39, 0.29) is 11.3 Å². The van der Waals surface area contributed by atoms with Crippen molar-refractivity contribution >= 4 is 28.9 Å². The van der Waals surface area contributed by atoms with Gasteiger partial charge in [0.25, 0.3) is 5.91 Å². The Hall–Kier alpha value is -3.18. The van der Waals surface area contributed by atoms with Gasteiger partial charge >= 0.3 is 6.18 Å². The predicted octanol–water partition coefficient (Wildman–Crippen LogP) is 4.83. The van der Waals surface area contributed by atoms with E-state index < -0.39 is 22.7 Å². The number of carbonyl (C=O) groups is 1. The van der Waals surface area contributed by atoms with Crippen LogP contribution in [0.2, 0.25) is 5.02 Å². The SMILES string of the molecule is COc1cccc(N/C=C(/C#N)C(=O)Nc2ccc(Cl)c(C(F)(F)F)c2)c1. The Balaban J connectivity index is 2.16. The summed E-state index contributed by atoms with van der Waals surface area (Å²) in [6.07, 6.45) is -3.52. The average Bonchev–Trinajstić information content (AvgIpc) is 2.63. The van der Waals surface area contributed by atoms with Crippen molar-refractivity contribution in [3.05, 3.63) is 64.8 Å². The number of ether oxygens (including phenoxy) is 1. The highest BCUT2D eigenvalue weighted by atomic mass is 35.5. The molecule has 2 N–H and O–H groups in total. The number of halogens is 4. The van der Waals surface area contributed by atoms with E-state index in [9.17, 15) is 18.0 Å². The molecule has 0 saturated heterocycles. The number of nitrogens with zero attached hydrogens (tertiary/aromatic N) is 1. The molecule has 0 saturated carbocycles. The maximum absolute atomic E-state index is 12.9. The Morgan fingerprint density at radius 1 is 1.22 bits per heavy atom. The largest absolute Gasteiger partial charge is 0.497 e. The van der Waals surface area contributed by atoms with Crippen LogP contribution in [0.1, 0.15) is 5.56 Å². The second kappa shape index (κ2) is 8.47. The van der Waals surface area contributed by atoms with Crippen molar-refractivity contribution < 1.29 is 22.7 Å². The molecule has 0 unspecified atom stereocenters. The van der Waals surface area contributed by atoms with Gasteiger partial charge in [-0.1, -0.05) is 17.7 Å². The summed E-state index contributed by atoms with van der Waals surface area (Å²) >= 11 is 5.53. The number of nitriles is 1. The van der Waals surface area contributed by atoms with Gasteiger partial charge in [0, 0.05) is 23.6 Å². The van der Waals surface area contributed by atoms with Gasteiger partial charge in [-0.3, -0.25) is 4.79 Å². The van der Waals surface area contributed by atoms with Crippen LogP contribution in [0.25, 0.3) is 0 Å². The lowest BCUT2D eigenvalue weighted by Crippen LogP contribution is -2.15. The van der Waals surface area contributed by atoms with Crippen molar-refractivity contribution in [2.75, 3.05) is 17.7 Å². The Bertz CT molecular complexity index is 921. The average molecular weight is 396 g/mol. The number of methoxy groups -OCH3 is 1. The number of alkyl halides is 3. The van der Waals surface area contributed by atoms with Gasteiger partial charge in [-0.15, -0.1) is 0 Å².